The van der Waals surface area contributed by atoms with Crippen LogP contribution >= 0.6 is 0 Å². The Morgan fingerprint density at radius 3 is 2.63 bits per heavy atom. The Hall–Kier alpha value is -1.37. The van der Waals surface area contributed by atoms with Gasteiger partial charge < -0.3 is 5.32 Å². The summed E-state index contributed by atoms with van der Waals surface area (Å²) in [5.74, 6) is 0.381. The van der Waals surface area contributed by atoms with Crippen molar-refractivity contribution in [1.82, 2.24) is 9.78 Å². The van der Waals surface area contributed by atoms with E-state index in [2.05, 4.69) is 10.4 Å². The van der Waals surface area contributed by atoms with E-state index in [1.807, 2.05) is 20.8 Å². The van der Waals surface area contributed by atoms with Crippen LogP contribution in [0.2, 0.25) is 0 Å². The molecule has 0 unspecified atom stereocenters. The minimum Gasteiger partial charge on any atom is -0.309 e. The Balaban J connectivity index is 2.63. The molecule has 1 rings (SSSR count). The fraction of sp³-hybridized carbons (Fsp3) is 0.667. The Kier molecular flexibility index (Phi) is 4.73. The van der Waals surface area contributed by atoms with Crippen molar-refractivity contribution in [2.24, 2.45) is 5.41 Å². The van der Waals surface area contributed by atoms with Crippen LogP contribution in [0.3, 0.4) is 0 Å². The van der Waals surface area contributed by atoms with Crippen molar-refractivity contribution < 1.29 is 13.2 Å². The molecule has 1 heterocycles. The Labute approximate surface area is 114 Å². The molecule has 0 spiro atoms. The molecule has 19 heavy (non-hydrogen) atoms. The summed E-state index contributed by atoms with van der Waals surface area (Å²) < 4.78 is 23.6. The van der Waals surface area contributed by atoms with Crippen LogP contribution in [0.15, 0.2) is 12.3 Å². The van der Waals surface area contributed by atoms with E-state index in [0.717, 1.165) is 6.42 Å². The third kappa shape index (κ3) is 5.02. The summed E-state index contributed by atoms with van der Waals surface area (Å²) in [5, 5.41) is 6.85. The maximum absolute atomic E-state index is 11.9. The summed E-state index contributed by atoms with van der Waals surface area (Å²) in [6, 6.07) is 1.66. The summed E-state index contributed by atoms with van der Waals surface area (Å²) >= 11 is 0. The molecular formula is C12H21N3O3S. The second-order valence-corrected chi connectivity index (χ2v) is 7.55. The summed E-state index contributed by atoms with van der Waals surface area (Å²) in [6.07, 6.45) is 3.57. The Morgan fingerprint density at radius 2 is 2.11 bits per heavy atom. The maximum Gasteiger partial charge on any atom is 0.231 e. The van der Waals surface area contributed by atoms with Crippen LogP contribution in [0.4, 0.5) is 5.82 Å². The molecule has 0 saturated heterocycles. The van der Waals surface area contributed by atoms with Gasteiger partial charge in [-0.1, -0.05) is 20.8 Å². The van der Waals surface area contributed by atoms with E-state index in [4.69, 9.17) is 0 Å². The number of nitrogens with zero attached hydrogens (tertiary/aromatic N) is 2. The fourth-order valence-corrected chi connectivity index (χ4v) is 1.78. The first kappa shape index (κ1) is 15.7. The lowest BCUT2D eigenvalue weighted by Gasteiger charge is -2.20. The highest BCUT2D eigenvalue weighted by Crippen LogP contribution is 2.21. The van der Waals surface area contributed by atoms with Crippen LogP contribution in [-0.2, 0) is 21.2 Å². The summed E-state index contributed by atoms with van der Waals surface area (Å²) in [4.78, 5) is 11.9. The predicted octanol–water partition coefficient (Wildman–Crippen LogP) is 1.30. The minimum atomic E-state index is -3.01. The molecule has 0 saturated carbocycles. The van der Waals surface area contributed by atoms with Gasteiger partial charge in [-0.15, -0.1) is 0 Å². The van der Waals surface area contributed by atoms with Crippen molar-refractivity contribution in [2.75, 3.05) is 17.3 Å². The number of carbonyl (C=O) groups excluding carboxylic acids is 1. The average Bonchev–Trinajstić information content (AvgIpc) is 2.73. The molecule has 0 aliphatic carbocycles. The zero-order valence-electron chi connectivity index (χ0n) is 11.8. The van der Waals surface area contributed by atoms with Gasteiger partial charge in [0, 0.05) is 23.9 Å². The Morgan fingerprint density at radius 1 is 1.47 bits per heavy atom. The zero-order chi connectivity index (χ0) is 14.7. The number of aryl methyl sites for hydroxylation is 1. The average molecular weight is 287 g/mol. The van der Waals surface area contributed by atoms with Gasteiger partial charge >= 0.3 is 0 Å². The number of rotatable bonds is 6. The number of amides is 1. The highest BCUT2D eigenvalue weighted by Gasteiger charge is 2.25. The first-order valence-electron chi connectivity index (χ1n) is 6.17. The molecule has 0 aliphatic rings. The van der Waals surface area contributed by atoms with Gasteiger partial charge in [0.15, 0.2) is 5.82 Å². The van der Waals surface area contributed by atoms with Gasteiger partial charge in [-0.2, -0.15) is 5.10 Å². The lowest BCUT2D eigenvalue weighted by atomic mass is 9.89. The Bertz CT molecular complexity index is 546. The van der Waals surface area contributed by atoms with Crippen molar-refractivity contribution in [3.05, 3.63) is 12.3 Å². The van der Waals surface area contributed by atoms with Gasteiger partial charge in [0.1, 0.15) is 9.84 Å². The topological polar surface area (TPSA) is 81.1 Å². The largest absolute Gasteiger partial charge is 0.309 e. The van der Waals surface area contributed by atoms with E-state index in [1.165, 1.54) is 10.9 Å². The van der Waals surface area contributed by atoms with Crippen molar-refractivity contribution in [2.45, 2.75) is 33.7 Å². The first-order valence-corrected chi connectivity index (χ1v) is 8.23. The number of nitrogens with one attached hydrogen (secondary N) is 1. The zero-order valence-corrected chi connectivity index (χ0v) is 12.6. The van der Waals surface area contributed by atoms with Crippen LogP contribution in [0.5, 0.6) is 0 Å². The fourth-order valence-electron chi connectivity index (χ4n) is 1.26. The maximum atomic E-state index is 11.9. The monoisotopic (exact) mass is 287 g/mol. The van der Waals surface area contributed by atoms with Crippen LogP contribution in [0, 0.1) is 5.41 Å². The molecule has 1 amide bonds. The van der Waals surface area contributed by atoms with Gasteiger partial charge in [-0.25, -0.2) is 8.42 Å². The van der Waals surface area contributed by atoms with Gasteiger partial charge in [-0.3, -0.25) is 9.48 Å². The number of aromatic nitrogens is 2. The standard InChI is InChI=1S/C12H21N3O3S/c1-5-12(2,3)11(16)13-10-6-7-15(14-10)8-9-19(4,17)18/h6-7H,5,8-9H2,1-4H3,(H,13,14,16). The van der Waals surface area contributed by atoms with Crippen molar-refractivity contribution >= 4 is 21.6 Å². The van der Waals surface area contributed by atoms with Crippen molar-refractivity contribution in [1.29, 1.82) is 0 Å². The summed E-state index contributed by atoms with van der Waals surface area (Å²) in [6.45, 7) is 5.96. The number of anilines is 1. The molecule has 0 aromatic carbocycles. The molecule has 0 radical (unpaired) electrons. The van der Waals surface area contributed by atoms with Crippen molar-refractivity contribution in [3.63, 3.8) is 0 Å². The number of carbonyl (C=O) groups is 1. The van der Waals surface area contributed by atoms with Crippen LogP contribution in [-0.4, -0.2) is 36.1 Å². The summed E-state index contributed by atoms with van der Waals surface area (Å²) in [7, 11) is -3.01. The molecule has 0 fully saturated rings. The van der Waals surface area contributed by atoms with E-state index in [9.17, 15) is 13.2 Å². The molecule has 7 heteroatoms. The molecule has 1 N–H and O–H groups in total. The quantitative estimate of drug-likeness (QED) is 0.855. The molecule has 108 valence electrons. The van der Waals surface area contributed by atoms with Gasteiger partial charge in [-0.05, 0) is 6.42 Å². The van der Waals surface area contributed by atoms with E-state index >= 15 is 0 Å². The van der Waals surface area contributed by atoms with E-state index in [1.54, 1.807) is 12.3 Å². The van der Waals surface area contributed by atoms with Gasteiger partial charge in [0.05, 0.1) is 12.3 Å². The van der Waals surface area contributed by atoms with Crippen LogP contribution < -0.4 is 5.32 Å². The highest BCUT2D eigenvalue weighted by atomic mass is 32.2. The summed E-state index contributed by atoms with van der Waals surface area (Å²) in [5.41, 5.74) is -0.448. The molecule has 0 bridgehead atoms. The molecule has 1 aromatic heterocycles. The van der Waals surface area contributed by atoms with Crippen molar-refractivity contribution in [3.8, 4) is 0 Å². The number of hydrogen-bond donors (Lipinski definition) is 1. The van der Waals surface area contributed by atoms with Crippen LogP contribution in [0.25, 0.3) is 0 Å². The minimum absolute atomic E-state index is 0.0303. The van der Waals surface area contributed by atoms with Gasteiger partial charge in [0.25, 0.3) is 0 Å². The molecule has 0 aliphatic heterocycles. The lowest BCUT2D eigenvalue weighted by Crippen LogP contribution is -2.30. The molecular weight excluding hydrogens is 266 g/mol. The van der Waals surface area contributed by atoms with E-state index in [0.29, 0.717) is 5.82 Å². The first-order chi connectivity index (χ1) is 8.64. The van der Waals surface area contributed by atoms with Gasteiger partial charge in [0.2, 0.25) is 5.91 Å². The predicted molar refractivity (Wildman–Crippen MR) is 74.6 cm³/mol. The third-order valence-corrected chi connectivity index (χ3v) is 4.00. The highest BCUT2D eigenvalue weighted by molar-refractivity contribution is 7.90. The third-order valence-electron chi connectivity index (χ3n) is 3.07. The second kappa shape index (κ2) is 5.73. The normalized spacial score (nSPS) is 12.4. The molecule has 1 aromatic rings. The van der Waals surface area contributed by atoms with E-state index < -0.39 is 15.3 Å². The van der Waals surface area contributed by atoms with E-state index in [-0.39, 0.29) is 18.2 Å². The lowest BCUT2D eigenvalue weighted by molar-refractivity contribution is -0.124. The number of sulfone groups is 1. The second-order valence-electron chi connectivity index (χ2n) is 5.29. The smallest absolute Gasteiger partial charge is 0.231 e. The van der Waals surface area contributed by atoms with Crippen LogP contribution in [0.1, 0.15) is 27.2 Å². The molecule has 6 nitrogen and oxygen atoms in total. The molecule has 0 atom stereocenters. The number of hydrogen-bond acceptors (Lipinski definition) is 4. The SMILES string of the molecule is CCC(C)(C)C(=O)Nc1ccn(CCS(C)(=O)=O)n1.